The lowest BCUT2D eigenvalue weighted by Crippen LogP contribution is -2.18. The Hall–Kier alpha value is -3.47. The SMILES string of the molecule is Cc1ccc(NC(=O)c2cccc(C(=O)Nc3ccc(C(C)C)cc3)n2)cc1. The van der Waals surface area contributed by atoms with Gasteiger partial charge in [-0.2, -0.15) is 0 Å². The molecule has 0 fully saturated rings. The van der Waals surface area contributed by atoms with E-state index in [4.69, 9.17) is 0 Å². The van der Waals surface area contributed by atoms with Crippen molar-refractivity contribution in [1.29, 1.82) is 0 Å². The number of carbonyl (C=O) groups excluding carboxylic acids is 2. The van der Waals surface area contributed by atoms with Gasteiger partial charge in [-0.1, -0.05) is 49.7 Å². The fourth-order valence-corrected chi connectivity index (χ4v) is 2.67. The smallest absolute Gasteiger partial charge is 0.274 e. The molecule has 0 saturated carbocycles. The molecule has 0 aliphatic carbocycles. The molecule has 0 bridgehead atoms. The van der Waals surface area contributed by atoms with E-state index in [9.17, 15) is 9.59 Å². The first-order chi connectivity index (χ1) is 13.4. The van der Waals surface area contributed by atoms with Gasteiger partial charge in [-0.25, -0.2) is 4.98 Å². The van der Waals surface area contributed by atoms with Crippen LogP contribution in [0.1, 0.15) is 51.9 Å². The fourth-order valence-electron chi connectivity index (χ4n) is 2.67. The monoisotopic (exact) mass is 373 g/mol. The molecule has 2 amide bonds. The lowest BCUT2D eigenvalue weighted by molar-refractivity contribution is 0.101. The summed E-state index contributed by atoms with van der Waals surface area (Å²) in [5.41, 5.74) is 4.04. The van der Waals surface area contributed by atoms with E-state index in [1.54, 1.807) is 18.2 Å². The second-order valence-electron chi connectivity index (χ2n) is 6.96. The summed E-state index contributed by atoms with van der Waals surface area (Å²) in [5.74, 6) is -0.294. The highest BCUT2D eigenvalue weighted by Crippen LogP contribution is 2.17. The van der Waals surface area contributed by atoms with Crippen LogP contribution in [0.5, 0.6) is 0 Å². The molecule has 3 aromatic rings. The number of anilines is 2. The molecule has 0 aliphatic rings. The Morgan fingerprint density at radius 1 is 0.750 bits per heavy atom. The summed E-state index contributed by atoms with van der Waals surface area (Å²) in [7, 11) is 0. The van der Waals surface area contributed by atoms with Crippen molar-refractivity contribution in [2.24, 2.45) is 0 Å². The van der Waals surface area contributed by atoms with Crippen LogP contribution in [0.15, 0.2) is 66.7 Å². The Kier molecular flexibility index (Phi) is 5.84. The molecule has 142 valence electrons. The first-order valence-corrected chi connectivity index (χ1v) is 9.19. The van der Waals surface area contributed by atoms with Gasteiger partial charge in [-0.15, -0.1) is 0 Å². The van der Waals surface area contributed by atoms with Crippen molar-refractivity contribution in [3.8, 4) is 0 Å². The number of nitrogens with zero attached hydrogens (tertiary/aromatic N) is 1. The van der Waals surface area contributed by atoms with E-state index < -0.39 is 0 Å². The molecule has 28 heavy (non-hydrogen) atoms. The highest BCUT2D eigenvalue weighted by atomic mass is 16.2. The van der Waals surface area contributed by atoms with E-state index in [2.05, 4.69) is 29.5 Å². The predicted octanol–water partition coefficient (Wildman–Crippen LogP) is 5.02. The Bertz CT molecular complexity index is 977. The summed E-state index contributed by atoms with van der Waals surface area (Å²) in [4.78, 5) is 29.1. The standard InChI is InChI=1S/C23H23N3O2/c1-15(2)17-9-13-19(14-10-17)25-23(28)21-6-4-5-20(26-21)22(27)24-18-11-7-16(3)8-12-18/h4-15H,1-3H3,(H,24,27)(H,25,28). The summed E-state index contributed by atoms with van der Waals surface area (Å²) in [5, 5.41) is 5.60. The summed E-state index contributed by atoms with van der Waals surface area (Å²) >= 11 is 0. The van der Waals surface area contributed by atoms with Gasteiger partial charge in [-0.05, 0) is 54.8 Å². The van der Waals surface area contributed by atoms with Crippen molar-refractivity contribution in [3.05, 3.63) is 89.2 Å². The van der Waals surface area contributed by atoms with Gasteiger partial charge >= 0.3 is 0 Å². The Balaban J connectivity index is 1.70. The maximum atomic E-state index is 12.5. The van der Waals surface area contributed by atoms with Crippen LogP contribution in [0.4, 0.5) is 11.4 Å². The number of rotatable bonds is 5. The summed E-state index contributed by atoms with van der Waals surface area (Å²) < 4.78 is 0. The van der Waals surface area contributed by atoms with Crippen LogP contribution in [0.25, 0.3) is 0 Å². The first-order valence-electron chi connectivity index (χ1n) is 9.19. The first kappa shape index (κ1) is 19.3. The van der Waals surface area contributed by atoms with Crippen LogP contribution in [0, 0.1) is 6.92 Å². The van der Waals surface area contributed by atoms with Crippen molar-refractivity contribution in [2.75, 3.05) is 10.6 Å². The Morgan fingerprint density at radius 3 is 1.68 bits per heavy atom. The third-order valence-corrected chi connectivity index (χ3v) is 4.36. The normalized spacial score (nSPS) is 10.6. The zero-order chi connectivity index (χ0) is 20.1. The molecule has 0 aliphatic heterocycles. The number of hydrogen-bond donors (Lipinski definition) is 2. The lowest BCUT2D eigenvalue weighted by Gasteiger charge is -2.09. The van der Waals surface area contributed by atoms with Gasteiger partial charge in [0.05, 0.1) is 0 Å². The molecular formula is C23H23N3O2. The summed E-state index contributed by atoms with van der Waals surface area (Å²) in [6, 6.07) is 20.0. The van der Waals surface area contributed by atoms with E-state index in [1.807, 2.05) is 55.5 Å². The topological polar surface area (TPSA) is 71.1 Å². The van der Waals surface area contributed by atoms with Crippen LogP contribution < -0.4 is 10.6 Å². The zero-order valence-corrected chi connectivity index (χ0v) is 16.2. The van der Waals surface area contributed by atoms with E-state index in [1.165, 1.54) is 5.56 Å². The van der Waals surface area contributed by atoms with Crippen LogP contribution in [-0.2, 0) is 0 Å². The number of aromatic nitrogens is 1. The molecule has 5 heteroatoms. The van der Waals surface area contributed by atoms with Gasteiger partial charge in [0.2, 0.25) is 0 Å². The van der Waals surface area contributed by atoms with E-state index in [0.29, 0.717) is 17.3 Å². The van der Waals surface area contributed by atoms with Crippen molar-refractivity contribution in [2.45, 2.75) is 26.7 Å². The molecule has 0 saturated heterocycles. The highest BCUT2D eigenvalue weighted by Gasteiger charge is 2.13. The van der Waals surface area contributed by atoms with Crippen molar-refractivity contribution in [1.82, 2.24) is 4.98 Å². The third kappa shape index (κ3) is 4.82. The number of benzene rings is 2. The Labute approximate surface area is 164 Å². The van der Waals surface area contributed by atoms with Crippen molar-refractivity contribution >= 4 is 23.2 Å². The summed E-state index contributed by atoms with van der Waals surface area (Å²) in [6.45, 7) is 6.21. The minimum absolute atomic E-state index is 0.184. The minimum atomic E-state index is -0.361. The number of pyridine rings is 1. The van der Waals surface area contributed by atoms with E-state index in [-0.39, 0.29) is 23.2 Å². The molecular weight excluding hydrogens is 350 g/mol. The quantitative estimate of drug-likeness (QED) is 0.660. The van der Waals surface area contributed by atoms with E-state index >= 15 is 0 Å². The average Bonchev–Trinajstić information content (AvgIpc) is 2.70. The molecule has 0 atom stereocenters. The molecule has 0 radical (unpaired) electrons. The molecule has 2 N–H and O–H groups in total. The number of nitrogens with one attached hydrogen (secondary N) is 2. The second-order valence-corrected chi connectivity index (χ2v) is 6.96. The molecule has 5 nitrogen and oxygen atoms in total. The highest BCUT2D eigenvalue weighted by molar-refractivity contribution is 6.06. The Morgan fingerprint density at radius 2 is 1.21 bits per heavy atom. The maximum absolute atomic E-state index is 12.5. The van der Waals surface area contributed by atoms with Crippen LogP contribution in [0.3, 0.4) is 0 Å². The largest absolute Gasteiger partial charge is 0.321 e. The third-order valence-electron chi connectivity index (χ3n) is 4.36. The summed E-state index contributed by atoms with van der Waals surface area (Å²) in [6.07, 6.45) is 0. The van der Waals surface area contributed by atoms with Gasteiger partial charge in [0.15, 0.2) is 0 Å². The predicted molar refractivity (Wildman–Crippen MR) is 112 cm³/mol. The molecule has 0 unspecified atom stereocenters. The van der Waals surface area contributed by atoms with Crippen LogP contribution in [0.2, 0.25) is 0 Å². The number of amides is 2. The fraction of sp³-hybridized carbons (Fsp3) is 0.174. The van der Waals surface area contributed by atoms with Crippen LogP contribution in [-0.4, -0.2) is 16.8 Å². The molecule has 1 aromatic heterocycles. The molecule has 0 spiro atoms. The second kappa shape index (κ2) is 8.48. The minimum Gasteiger partial charge on any atom is -0.321 e. The van der Waals surface area contributed by atoms with Crippen molar-refractivity contribution in [3.63, 3.8) is 0 Å². The van der Waals surface area contributed by atoms with Gasteiger partial charge in [0.1, 0.15) is 11.4 Å². The van der Waals surface area contributed by atoms with Gasteiger partial charge in [-0.3, -0.25) is 9.59 Å². The average molecular weight is 373 g/mol. The van der Waals surface area contributed by atoms with Gasteiger partial charge in [0, 0.05) is 11.4 Å². The van der Waals surface area contributed by atoms with E-state index in [0.717, 1.165) is 5.56 Å². The zero-order valence-electron chi connectivity index (χ0n) is 16.2. The molecule has 3 rings (SSSR count). The van der Waals surface area contributed by atoms with Crippen molar-refractivity contribution < 1.29 is 9.59 Å². The molecule has 1 heterocycles. The number of hydrogen-bond acceptors (Lipinski definition) is 3. The van der Waals surface area contributed by atoms with Gasteiger partial charge < -0.3 is 10.6 Å². The van der Waals surface area contributed by atoms with Crippen LogP contribution >= 0.6 is 0 Å². The number of carbonyl (C=O) groups is 2. The number of aryl methyl sites for hydroxylation is 1. The lowest BCUT2D eigenvalue weighted by atomic mass is 10.0. The van der Waals surface area contributed by atoms with Gasteiger partial charge in [0.25, 0.3) is 11.8 Å². The molecule has 2 aromatic carbocycles. The maximum Gasteiger partial charge on any atom is 0.274 e.